The maximum atomic E-state index is 12.1. The van der Waals surface area contributed by atoms with Gasteiger partial charge in [-0.1, -0.05) is 64.7 Å². The Kier molecular flexibility index (Phi) is 15.7. The smallest absolute Gasteiger partial charge is 0.307 e. The number of carbonyl (C=O) groups excluding carboxylic acids is 1. The van der Waals surface area contributed by atoms with Crippen molar-refractivity contribution < 1.29 is 28.3 Å². The van der Waals surface area contributed by atoms with Gasteiger partial charge >= 0.3 is 11.9 Å². The normalized spacial score (nSPS) is 12.6. The van der Waals surface area contributed by atoms with Gasteiger partial charge in [0.1, 0.15) is 18.1 Å². The number of hydrogen-bond acceptors (Lipinski definition) is 4. The second kappa shape index (κ2) is 17.6. The number of quaternary nitrogens is 1. The summed E-state index contributed by atoms with van der Waals surface area (Å²) in [6.45, 7) is 7.15. The highest BCUT2D eigenvalue weighted by Gasteiger charge is 2.24. The van der Waals surface area contributed by atoms with Crippen LogP contribution in [0.1, 0.15) is 119 Å². The fraction of sp³-hybridized carbons (Fsp3) is 0.800. The number of carbonyl (C=O) groups is 2. The number of hydrogen-bond donors (Lipinski definition) is 1. The van der Waals surface area contributed by atoms with Crippen LogP contribution in [0.4, 0.5) is 0 Å². The number of ether oxygens (including phenoxy) is 1. The molecular weight excluding hydrogens is 454 g/mol. The molecule has 0 amide bonds. The number of aliphatic carboxylic acids is 1. The van der Waals surface area contributed by atoms with Crippen LogP contribution in [0.15, 0.2) is 4.42 Å². The first-order chi connectivity index (χ1) is 17.0. The van der Waals surface area contributed by atoms with E-state index in [0.29, 0.717) is 17.4 Å². The SMILES string of the molecule is CCCCCCc1oc(CCCCCCCCCCC(=O)OC(CC(=O)O)C[N+](C)(C)C)c(C)c1C. The van der Waals surface area contributed by atoms with E-state index in [4.69, 9.17) is 14.3 Å². The molecule has 0 aliphatic carbocycles. The van der Waals surface area contributed by atoms with Gasteiger partial charge < -0.3 is 18.7 Å². The molecule has 0 spiro atoms. The van der Waals surface area contributed by atoms with E-state index in [0.717, 1.165) is 32.1 Å². The van der Waals surface area contributed by atoms with Gasteiger partial charge in [-0.25, -0.2) is 0 Å². The lowest BCUT2D eigenvalue weighted by molar-refractivity contribution is -0.873. The minimum atomic E-state index is -0.932. The fourth-order valence-corrected chi connectivity index (χ4v) is 4.72. The number of likely N-dealkylation sites (N-methyl/N-ethyl adjacent to an activating group) is 1. The summed E-state index contributed by atoms with van der Waals surface area (Å²) in [6, 6.07) is 0. The summed E-state index contributed by atoms with van der Waals surface area (Å²) in [6.07, 6.45) is 15.9. The molecule has 1 heterocycles. The molecule has 0 aliphatic heterocycles. The summed E-state index contributed by atoms with van der Waals surface area (Å²) < 4.78 is 12.2. The third-order valence-electron chi connectivity index (χ3n) is 6.89. The van der Waals surface area contributed by atoms with E-state index in [-0.39, 0.29) is 12.4 Å². The minimum Gasteiger partial charge on any atom is -0.481 e. The molecule has 1 atom stereocenters. The number of rotatable bonds is 21. The van der Waals surface area contributed by atoms with E-state index < -0.39 is 12.1 Å². The Morgan fingerprint density at radius 1 is 0.806 bits per heavy atom. The lowest BCUT2D eigenvalue weighted by atomic mass is 10.0. The average molecular weight is 509 g/mol. The van der Waals surface area contributed by atoms with Gasteiger partial charge in [-0.05, 0) is 44.2 Å². The Morgan fingerprint density at radius 2 is 1.28 bits per heavy atom. The second-order valence-electron chi connectivity index (χ2n) is 11.5. The molecule has 0 bridgehead atoms. The zero-order chi connectivity index (χ0) is 27.0. The van der Waals surface area contributed by atoms with Crippen LogP contribution in [-0.4, -0.2) is 55.3 Å². The molecule has 1 rings (SSSR count). The molecule has 0 saturated heterocycles. The van der Waals surface area contributed by atoms with Crippen molar-refractivity contribution in [1.82, 2.24) is 0 Å². The molecule has 1 N–H and O–H groups in total. The number of furan rings is 1. The van der Waals surface area contributed by atoms with Crippen molar-refractivity contribution in [3.05, 3.63) is 22.6 Å². The Bertz CT molecular complexity index is 762. The molecule has 0 aliphatic rings. The first-order valence-corrected chi connectivity index (χ1v) is 14.3. The predicted molar refractivity (Wildman–Crippen MR) is 146 cm³/mol. The molecule has 6 heteroatoms. The van der Waals surface area contributed by atoms with Crippen LogP contribution in [0.3, 0.4) is 0 Å². The van der Waals surface area contributed by atoms with Crippen molar-refractivity contribution in [2.24, 2.45) is 0 Å². The van der Waals surface area contributed by atoms with Gasteiger partial charge in [-0.3, -0.25) is 9.59 Å². The Morgan fingerprint density at radius 3 is 1.75 bits per heavy atom. The number of esters is 1. The zero-order valence-corrected chi connectivity index (χ0v) is 24.1. The van der Waals surface area contributed by atoms with Crippen molar-refractivity contribution >= 4 is 11.9 Å². The zero-order valence-electron chi connectivity index (χ0n) is 24.1. The van der Waals surface area contributed by atoms with Crippen LogP contribution in [0.5, 0.6) is 0 Å². The van der Waals surface area contributed by atoms with Crippen LogP contribution >= 0.6 is 0 Å². The van der Waals surface area contributed by atoms with E-state index in [1.165, 1.54) is 80.4 Å². The quantitative estimate of drug-likeness (QED) is 0.108. The molecular formula is C30H54NO5+. The third kappa shape index (κ3) is 14.7. The van der Waals surface area contributed by atoms with Gasteiger partial charge in [0.2, 0.25) is 0 Å². The third-order valence-corrected chi connectivity index (χ3v) is 6.89. The highest BCUT2D eigenvalue weighted by Crippen LogP contribution is 2.25. The molecule has 6 nitrogen and oxygen atoms in total. The Hall–Kier alpha value is -1.82. The number of nitrogens with zero attached hydrogens (tertiary/aromatic N) is 1. The van der Waals surface area contributed by atoms with Gasteiger partial charge in [0, 0.05) is 19.3 Å². The van der Waals surface area contributed by atoms with E-state index in [1.54, 1.807) is 0 Å². The van der Waals surface area contributed by atoms with Crippen molar-refractivity contribution in [3.8, 4) is 0 Å². The number of carboxylic acids is 1. The summed E-state index contributed by atoms with van der Waals surface area (Å²) in [7, 11) is 5.90. The van der Waals surface area contributed by atoms with Gasteiger partial charge in [0.05, 0.1) is 27.6 Å². The lowest BCUT2D eigenvalue weighted by Gasteiger charge is -2.28. The fourth-order valence-electron chi connectivity index (χ4n) is 4.72. The molecule has 1 unspecified atom stereocenters. The standard InChI is InChI=1S/C30H53NO5/c1-7-8-9-16-19-27-24(2)25(3)28(36-27)20-17-14-12-10-11-13-15-18-21-30(34)35-26(22-29(32)33)23-31(4,5)6/h26H,7-23H2,1-6H3/p+1. The molecule has 0 aromatic carbocycles. The van der Waals surface area contributed by atoms with E-state index in [9.17, 15) is 9.59 Å². The van der Waals surface area contributed by atoms with E-state index in [2.05, 4.69) is 20.8 Å². The van der Waals surface area contributed by atoms with Gasteiger partial charge in [0.15, 0.2) is 6.10 Å². The van der Waals surface area contributed by atoms with Gasteiger partial charge in [0.25, 0.3) is 0 Å². The Labute approximate surface area is 220 Å². The maximum absolute atomic E-state index is 12.1. The molecule has 208 valence electrons. The molecule has 0 fully saturated rings. The first-order valence-electron chi connectivity index (χ1n) is 14.3. The summed E-state index contributed by atoms with van der Waals surface area (Å²) >= 11 is 0. The van der Waals surface area contributed by atoms with Crippen LogP contribution in [0.25, 0.3) is 0 Å². The minimum absolute atomic E-state index is 0.138. The topological polar surface area (TPSA) is 76.7 Å². The van der Waals surface area contributed by atoms with Crippen molar-refractivity contribution in [1.29, 1.82) is 0 Å². The van der Waals surface area contributed by atoms with Crippen molar-refractivity contribution in [3.63, 3.8) is 0 Å². The van der Waals surface area contributed by atoms with Crippen LogP contribution < -0.4 is 0 Å². The number of unbranched alkanes of at least 4 members (excludes halogenated alkanes) is 10. The van der Waals surface area contributed by atoms with Crippen LogP contribution in [-0.2, 0) is 27.2 Å². The average Bonchev–Trinajstić information content (AvgIpc) is 3.04. The highest BCUT2D eigenvalue weighted by atomic mass is 16.5. The molecule has 1 aromatic heterocycles. The molecule has 0 radical (unpaired) electrons. The molecule has 1 aromatic rings. The largest absolute Gasteiger partial charge is 0.481 e. The number of aryl methyl sites for hydroxylation is 2. The lowest BCUT2D eigenvalue weighted by Crippen LogP contribution is -2.43. The second-order valence-corrected chi connectivity index (χ2v) is 11.5. The van der Waals surface area contributed by atoms with Crippen LogP contribution in [0.2, 0.25) is 0 Å². The van der Waals surface area contributed by atoms with E-state index >= 15 is 0 Å². The monoisotopic (exact) mass is 508 g/mol. The predicted octanol–water partition coefficient (Wildman–Crippen LogP) is 7.17. The van der Waals surface area contributed by atoms with E-state index in [1.807, 2.05) is 21.1 Å². The number of carboxylic acid groups (broad SMARTS) is 1. The first kappa shape index (κ1) is 32.2. The highest BCUT2D eigenvalue weighted by molar-refractivity contribution is 5.71. The summed E-state index contributed by atoms with van der Waals surface area (Å²) in [5, 5.41) is 9.07. The van der Waals surface area contributed by atoms with Gasteiger partial charge in [-0.2, -0.15) is 0 Å². The maximum Gasteiger partial charge on any atom is 0.307 e. The Balaban J connectivity index is 2.12. The summed E-state index contributed by atoms with van der Waals surface area (Å²) in [5.41, 5.74) is 2.71. The van der Waals surface area contributed by atoms with Crippen molar-refractivity contribution in [2.45, 2.75) is 130 Å². The van der Waals surface area contributed by atoms with Crippen molar-refractivity contribution in [2.75, 3.05) is 27.7 Å². The van der Waals surface area contributed by atoms with Gasteiger partial charge in [-0.15, -0.1) is 0 Å². The molecule has 0 saturated carbocycles. The molecule has 36 heavy (non-hydrogen) atoms. The summed E-state index contributed by atoms with van der Waals surface area (Å²) in [4.78, 5) is 23.2. The van der Waals surface area contributed by atoms with Crippen LogP contribution in [0, 0.1) is 13.8 Å². The summed E-state index contributed by atoms with van der Waals surface area (Å²) in [5.74, 6) is 1.19.